The summed E-state index contributed by atoms with van der Waals surface area (Å²) in [5.74, 6) is 1.39. The molecule has 8 nitrogen and oxygen atoms in total. The standard InChI is InChI=1S/C24H34N2O6S/c1-17(22-15-19-2-6-20(22)14-19)25-23(27)16-32-24(28)9-5-18-3-7-21(8-4-18)33(29,30)26-10-12-31-13-11-26/h3-4,7-8,17,19-20,22H,2,5-6,9-16H2,1H3,(H,25,27)/t17-,19-,20-,22-/m0/s1. The van der Waals surface area contributed by atoms with E-state index in [2.05, 4.69) is 5.32 Å². The molecular formula is C24H34N2O6S. The van der Waals surface area contributed by atoms with Crippen LogP contribution in [0.4, 0.5) is 0 Å². The Morgan fingerprint density at radius 2 is 1.88 bits per heavy atom. The van der Waals surface area contributed by atoms with Crippen LogP contribution in [0.25, 0.3) is 0 Å². The van der Waals surface area contributed by atoms with Crippen molar-refractivity contribution < 1.29 is 27.5 Å². The van der Waals surface area contributed by atoms with E-state index in [4.69, 9.17) is 9.47 Å². The van der Waals surface area contributed by atoms with Crippen LogP contribution in [0.5, 0.6) is 0 Å². The van der Waals surface area contributed by atoms with E-state index in [-0.39, 0.29) is 29.9 Å². The molecule has 4 rings (SSSR count). The summed E-state index contributed by atoms with van der Waals surface area (Å²) < 4.78 is 37.1. The molecule has 2 bridgehead atoms. The van der Waals surface area contributed by atoms with Gasteiger partial charge in [-0.25, -0.2) is 8.42 Å². The van der Waals surface area contributed by atoms with E-state index in [1.165, 1.54) is 30.0 Å². The first kappa shape index (κ1) is 24.2. The average molecular weight is 479 g/mol. The number of nitrogens with zero attached hydrogens (tertiary/aromatic N) is 1. The fraction of sp³-hybridized carbons (Fsp3) is 0.667. The molecule has 1 aromatic carbocycles. The van der Waals surface area contributed by atoms with Gasteiger partial charge < -0.3 is 14.8 Å². The number of sulfonamides is 1. The topological polar surface area (TPSA) is 102 Å². The maximum Gasteiger partial charge on any atom is 0.306 e. The predicted octanol–water partition coefficient (Wildman–Crippen LogP) is 2.12. The molecule has 1 aliphatic heterocycles. The first-order valence-corrected chi connectivity index (χ1v) is 13.4. The second-order valence-corrected chi connectivity index (χ2v) is 11.5. The first-order chi connectivity index (χ1) is 15.8. The SMILES string of the molecule is C[C@H](NC(=O)COC(=O)CCc1ccc(S(=O)(=O)N2CCOCC2)cc1)[C@@H]1C[C@H]2CC[C@H]1C2. The van der Waals surface area contributed by atoms with Gasteiger partial charge in [0.25, 0.3) is 5.91 Å². The van der Waals surface area contributed by atoms with Gasteiger partial charge in [-0.1, -0.05) is 18.6 Å². The minimum atomic E-state index is -3.53. The Balaban J connectivity index is 1.18. The van der Waals surface area contributed by atoms with Gasteiger partial charge in [-0.3, -0.25) is 9.59 Å². The second kappa shape index (κ2) is 10.5. The molecule has 0 aromatic heterocycles. The van der Waals surface area contributed by atoms with Gasteiger partial charge in [0.05, 0.1) is 18.1 Å². The summed E-state index contributed by atoms with van der Waals surface area (Å²) in [6, 6.07) is 6.67. The third kappa shape index (κ3) is 5.94. The molecule has 1 heterocycles. The number of benzene rings is 1. The molecule has 3 aliphatic rings. The van der Waals surface area contributed by atoms with Gasteiger partial charge >= 0.3 is 5.97 Å². The molecular weight excluding hydrogens is 444 g/mol. The molecule has 33 heavy (non-hydrogen) atoms. The van der Waals surface area contributed by atoms with Gasteiger partial charge in [0.2, 0.25) is 10.0 Å². The van der Waals surface area contributed by atoms with Crippen molar-refractivity contribution >= 4 is 21.9 Å². The van der Waals surface area contributed by atoms with Crippen LogP contribution in [-0.2, 0) is 35.5 Å². The molecule has 4 atom stereocenters. The number of morpholine rings is 1. The summed E-state index contributed by atoms with van der Waals surface area (Å²) in [4.78, 5) is 24.5. The molecule has 1 saturated heterocycles. The van der Waals surface area contributed by atoms with Crippen molar-refractivity contribution in [3.63, 3.8) is 0 Å². The van der Waals surface area contributed by atoms with E-state index in [1.807, 2.05) is 6.92 Å². The van der Waals surface area contributed by atoms with E-state index in [1.54, 1.807) is 24.3 Å². The Labute approximate surface area is 196 Å². The summed E-state index contributed by atoms with van der Waals surface area (Å²) in [6.45, 7) is 3.29. The van der Waals surface area contributed by atoms with Crippen LogP contribution in [0.15, 0.2) is 29.2 Å². The fourth-order valence-corrected chi connectivity index (χ4v) is 6.95. The van der Waals surface area contributed by atoms with Crippen molar-refractivity contribution in [3.8, 4) is 0 Å². The van der Waals surface area contributed by atoms with Crippen LogP contribution < -0.4 is 5.32 Å². The number of esters is 1. The molecule has 1 amide bonds. The molecule has 2 saturated carbocycles. The Hall–Kier alpha value is -1.97. The number of carbonyl (C=O) groups excluding carboxylic acids is 2. The zero-order valence-electron chi connectivity index (χ0n) is 19.2. The zero-order chi connectivity index (χ0) is 23.4. The highest BCUT2D eigenvalue weighted by molar-refractivity contribution is 7.89. The lowest BCUT2D eigenvalue weighted by Crippen LogP contribution is -2.42. The van der Waals surface area contributed by atoms with Crippen LogP contribution >= 0.6 is 0 Å². The predicted molar refractivity (Wildman–Crippen MR) is 122 cm³/mol. The summed E-state index contributed by atoms with van der Waals surface area (Å²) in [7, 11) is -3.53. The normalized spacial score (nSPS) is 26.2. The quantitative estimate of drug-likeness (QED) is 0.546. The Kier molecular flexibility index (Phi) is 7.71. The van der Waals surface area contributed by atoms with E-state index < -0.39 is 16.0 Å². The van der Waals surface area contributed by atoms with E-state index in [0.29, 0.717) is 38.6 Å². The number of nitrogens with one attached hydrogen (secondary N) is 1. The summed E-state index contributed by atoms with van der Waals surface area (Å²) >= 11 is 0. The maximum atomic E-state index is 12.7. The van der Waals surface area contributed by atoms with Crippen molar-refractivity contribution in [2.45, 2.75) is 56.4 Å². The first-order valence-electron chi connectivity index (χ1n) is 11.9. The van der Waals surface area contributed by atoms with Crippen molar-refractivity contribution in [2.24, 2.45) is 17.8 Å². The lowest BCUT2D eigenvalue weighted by Gasteiger charge is -2.28. The number of amides is 1. The highest BCUT2D eigenvalue weighted by atomic mass is 32.2. The Bertz CT molecular complexity index is 942. The molecule has 1 aromatic rings. The maximum absolute atomic E-state index is 12.7. The highest BCUT2D eigenvalue weighted by Crippen LogP contribution is 2.49. The van der Waals surface area contributed by atoms with E-state index >= 15 is 0 Å². The second-order valence-electron chi connectivity index (χ2n) is 9.52. The number of fused-ring (bicyclic) bond motifs is 2. The molecule has 9 heteroatoms. The smallest absolute Gasteiger partial charge is 0.306 e. The summed E-state index contributed by atoms with van der Waals surface area (Å²) in [5.41, 5.74) is 0.835. The number of ether oxygens (including phenoxy) is 2. The number of hydrogen-bond donors (Lipinski definition) is 1. The fourth-order valence-electron chi connectivity index (χ4n) is 5.54. The molecule has 0 unspecified atom stereocenters. The molecule has 0 radical (unpaired) electrons. The van der Waals surface area contributed by atoms with Gasteiger partial charge in [-0.05, 0) is 68.1 Å². The Morgan fingerprint density at radius 3 is 2.52 bits per heavy atom. The van der Waals surface area contributed by atoms with Crippen LogP contribution in [0.2, 0.25) is 0 Å². The minimum absolute atomic E-state index is 0.110. The van der Waals surface area contributed by atoms with E-state index in [0.717, 1.165) is 17.4 Å². The van der Waals surface area contributed by atoms with Crippen molar-refractivity contribution in [1.82, 2.24) is 9.62 Å². The van der Waals surface area contributed by atoms with Gasteiger partial charge in [0.15, 0.2) is 6.61 Å². The minimum Gasteiger partial charge on any atom is -0.456 e. The van der Waals surface area contributed by atoms with Crippen LogP contribution in [0.1, 0.15) is 44.6 Å². The van der Waals surface area contributed by atoms with Gasteiger partial charge in [0.1, 0.15) is 0 Å². The number of hydrogen-bond acceptors (Lipinski definition) is 6. The number of rotatable bonds is 9. The molecule has 2 aliphatic carbocycles. The highest BCUT2D eigenvalue weighted by Gasteiger charge is 2.42. The summed E-state index contributed by atoms with van der Waals surface area (Å²) in [6.07, 6.45) is 5.62. The Morgan fingerprint density at radius 1 is 1.15 bits per heavy atom. The zero-order valence-corrected chi connectivity index (χ0v) is 20.0. The lowest BCUT2D eigenvalue weighted by molar-refractivity contribution is -0.148. The van der Waals surface area contributed by atoms with Gasteiger partial charge in [-0.15, -0.1) is 0 Å². The molecule has 182 valence electrons. The van der Waals surface area contributed by atoms with E-state index in [9.17, 15) is 18.0 Å². The van der Waals surface area contributed by atoms with Gasteiger partial charge in [-0.2, -0.15) is 4.31 Å². The average Bonchev–Trinajstić information content (AvgIpc) is 3.46. The van der Waals surface area contributed by atoms with Crippen LogP contribution in [0.3, 0.4) is 0 Å². The van der Waals surface area contributed by atoms with Gasteiger partial charge in [0, 0.05) is 25.6 Å². The largest absolute Gasteiger partial charge is 0.456 e. The molecule has 3 fully saturated rings. The van der Waals surface area contributed by atoms with Crippen LogP contribution in [0, 0.1) is 17.8 Å². The van der Waals surface area contributed by atoms with Crippen molar-refractivity contribution in [2.75, 3.05) is 32.9 Å². The molecule has 0 spiro atoms. The van der Waals surface area contributed by atoms with Crippen molar-refractivity contribution in [1.29, 1.82) is 0 Å². The third-order valence-corrected chi connectivity index (χ3v) is 9.25. The number of aryl methyl sites for hydroxylation is 1. The van der Waals surface area contributed by atoms with Crippen LogP contribution in [-0.4, -0.2) is 63.6 Å². The lowest BCUT2D eigenvalue weighted by atomic mass is 9.84. The monoisotopic (exact) mass is 478 g/mol. The van der Waals surface area contributed by atoms with Crippen molar-refractivity contribution in [3.05, 3.63) is 29.8 Å². The third-order valence-electron chi connectivity index (χ3n) is 7.34. The molecule has 1 N–H and O–H groups in total. The summed E-state index contributed by atoms with van der Waals surface area (Å²) in [5, 5.41) is 3.00. The number of carbonyl (C=O) groups is 2.